The van der Waals surface area contributed by atoms with Crippen molar-refractivity contribution in [1.82, 2.24) is 9.55 Å². The number of hydrogen-bond donors (Lipinski definition) is 1. The fraction of sp³-hybridized carbons (Fsp3) is 0.0625. The van der Waals surface area contributed by atoms with Crippen molar-refractivity contribution < 1.29 is 17.9 Å². The molecule has 118 valence electrons. The molecule has 0 saturated heterocycles. The quantitative estimate of drug-likeness (QED) is 0.742. The van der Waals surface area contributed by atoms with E-state index >= 15 is 0 Å². The zero-order chi connectivity index (χ0) is 16.4. The van der Waals surface area contributed by atoms with Crippen molar-refractivity contribution >= 4 is 5.69 Å². The van der Waals surface area contributed by atoms with E-state index in [4.69, 9.17) is 5.73 Å². The van der Waals surface area contributed by atoms with Crippen LogP contribution < -0.4 is 10.5 Å². The summed E-state index contributed by atoms with van der Waals surface area (Å²) in [5, 5.41) is 0. The lowest BCUT2D eigenvalue weighted by molar-refractivity contribution is -0.274. The average Bonchev–Trinajstić information content (AvgIpc) is 2.97. The van der Waals surface area contributed by atoms with Gasteiger partial charge in [0.25, 0.3) is 0 Å². The summed E-state index contributed by atoms with van der Waals surface area (Å²) < 4.78 is 42.0. The van der Waals surface area contributed by atoms with E-state index < -0.39 is 6.36 Å². The van der Waals surface area contributed by atoms with Gasteiger partial charge < -0.3 is 15.0 Å². The summed E-state index contributed by atoms with van der Waals surface area (Å²) in [6, 6.07) is 12.8. The highest BCUT2D eigenvalue weighted by atomic mass is 19.4. The summed E-state index contributed by atoms with van der Waals surface area (Å²) in [6.45, 7) is 0. The van der Waals surface area contributed by atoms with Gasteiger partial charge in [0.15, 0.2) is 0 Å². The first kappa shape index (κ1) is 15.0. The van der Waals surface area contributed by atoms with Gasteiger partial charge in [0.05, 0.1) is 12.0 Å². The highest BCUT2D eigenvalue weighted by molar-refractivity contribution is 5.61. The highest BCUT2D eigenvalue weighted by Crippen LogP contribution is 2.25. The largest absolute Gasteiger partial charge is 0.573 e. The molecule has 2 N–H and O–H groups in total. The molecule has 0 amide bonds. The van der Waals surface area contributed by atoms with Crippen LogP contribution in [0.25, 0.3) is 16.9 Å². The van der Waals surface area contributed by atoms with Crippen LogP contribution in [0, 0.1) is 0 Å². The summed E-state index contributed by atoms with van der Waals surface area (Å²) in [6.07, 6.45) is -1.32. The number of aromatic nitrogens is 2. The molecule has 0 saturated carbocycles. The zero-order valence-corrected chi connectivity index (χ0v) is 11.8. The maximum absolute atomic E-state index is 12.1. The Morgan fingerprint density at radius 1 is 0.957 bits per heavy atom. The molecule has 7 heteroatoms. The molecular formula is C16H12F3N3O. The van der Waals surface area contributed by atoms with Gasteiger partial charge in [-0.05, 0) is 36.4 Å². The van der Waals surface area contributed by atoms with E-state index in [1.807, 2.05) is 12.1 Å². The van der Waals surface area contributed by atoms with Crippen molar-refractivity contribution in [2.45, 2.75) is 6.36 Å². The molecule has 0 atom stereocenters. The van der Waals surface area contributed by atoms with E-state index in [1.54, 1.807) is 29.2 Å². The molecule has 0 radical (unpaired) electrons. The van der Waals surface area contributed by atoms with E-state index in [1.165, 1.54) is 24.3 Å². The Morgan fingerprint density at radius 3 is 2.22 bits per heavy atom. The van der Waals surface area contributed by atoms with E-state index in [0.29, 0.717) is 11.4 Å². The van der Waals surface area contributed by atoms with E-state index in [0.717, 1.165) is 11.3 Å². The lowest BCUT2D eigenvalue weighted by Crippen LogP contribution is -2.17. The third-order valence-corrected chi connectivity index (χ3v) is 3.16. The van der Waals surface area contributed by atoms with Gasteiger partial charge in [-0.25, -0.2) is 4.98 Å². The molecule has 1 heterocycles. The molecule has 0 unspecified atom stereocenters. The second-order valence-electron chi connectivity index (χ2n) is 4.83. The van der Waals surface area contributed by atoms with Crippen molar-refractivity contribution in [1.29, 1.82) is 0 Å². The minimum absolute atomic E-state index is 0.264. The first-order valence-electron chi connectivity index (χ1n) is 6.67. The van der Waals surface area contributed by atoms with Crippen LogP contribution in [-0.2, 0) is 0 Å². The number of halogens is 3. The number of imidazole rings is 1. The molecule has 1 aromatic heterocycles. The van der Waals surface area contributed by atoms with Crippen LogP contribution in [0.15, 0.2) is 61.1 Å². The first-order valence-corrected chi connectivity index (χ1v) is 6.67. The van der Waals surface area contributed by atoms with Gasteiger partial charge in [-0.2, -0.15) is 0 Å². The van der Waals surface area contributed by atoms with Gasteiger partial charge in [-0.3, -0.25) is 0 Å². The van der Waals surface area contributed by atoms with Gasteiger partial charge in [-0.15, -0.1) is 13.2 Å². The molecule has 0 aliphatic carbocycles. The zero-order valence-electron chi connectivity index (χ0n) is 11.8. The molecule has 3 aromatic rings. The van der Waals surface area contributed by atoms with Crippen LogP contribution in [0.1, 0.15) is 0 Å². The molecule has 3 rings (SSSR count). The predicted octanol–water partition coefficient (Wildman–Crippen LogP) is 4.02. The number of nitrogens with zero attached hydrogens (tertiary/aromatic N) is 2. The molecule has 0 aliphatic heterocycles. The fourth-order valence-electron chi connectivity index (χ4n) is 2.09. The molecule has 0 fully saturated rings. The van der Waals surface area contributed by atoms with Crippen LogP contribution in [0.3, 0.4) is 0 Å². The van der Waals surface area contributed by atoms with Gasteiger partial charge in [0.2, 0.25) is 0 Å². The monoisotopic (exact) mass is 319 g/mol. The van der Waals surface area contributed by atoms with E-state index in [-0.39, 0.29) is 5.75 Å². The molecule has 0 bridgehead atoms. The van der Waals surface area contributed by atoms with Gasteiger partial charge in [0, 0.05) is 23.1 Å². The number of rotatable bonds is 3. The highest BCUT2D eigenvalue weighted by Gasteiger charge is 2.30. The van der Waals surface area contributed by atoms with Crippen LogP contribution in [-0.4, -0.2) is 15.9 Å². The molecule has 4 nitrogen and oxygen atoms in total. The number of benzene rings is 2. The van der Waals surface area contributed by atoms with Gasteiger partial charge in [-0.1, -0.05) is 12.1 Å². The second kappa shape index (κ2) is 5.68. The third-order valence-electron chi connectivity index (χ3n) is 3.16. The maximum Gasteiger partial charge on any atom is 0.573 e. The normalized spacial score (nSPS) is 11.4. The average molecular weight is 319 g/mol. The Labute approximate surface area is 129 Å². The lowest BCUT2D eigenvalue weighted by atomic mass is 10.1. The van der Waals surface area contributed by atoms with Crippen molar-refractivity contribution in [2.24, 2.45) is 0 Å². The van der Waals surface area contributed by atoms with E-state index in [2.05, 4.69) is 9.72 Å². The van der Waals surface area contributed by atoms with Crippen molar-refractivity contribution in [3.8, 4) is 22.7 Å². The Balaban J connectivity index is 1.81. The number of nitrogen functional groups attached to an aromatic ring is 1. The Bertz CT molecular complexity index is 793. The van der Waals surface area contributed by atoms with Crippen molar-refractivity contribution in [2.75, 3.05) is 5.73 Å². The lowest BCUT2D eigenvalue weighted by Gasteiger charge is -2.09. The van der Waals surface area contributed by atoms with Crippen LogP contribution in [0.4, 0.5) is 18.9 Å². The smallest absolute Gasteiger partial charge is 0.406 e. The second-order valence-corrected chi connectivity index (χ2v) is 4.83. The van der Waals surface area contributed by atoms with Gasteiger partial charge in [0.1, 0.15) is 5.75 Å². The number of nitrogens with two attached hydrogens (primary N) is 1. The number of hydrogen-bond acceptors (Lipinski definition) is 3. The Morgan fingerprint density at radius 2 is 1.61 bits per heavy atom. The number of alkyl halides is 3. The summed E-state index contributed by atoms with van der Waals surface area (Å²) in [7, 11) is 0. The van der Waals surface area contributed by atoms with Crippen molar-refractivity contribution in [3.63, 3.8) is 0 Å². The molecule has 23 heavy (non-hydrogen) atoms. The summed E-state index contributed by atoms with van der Waals surface area (Å²) in [5.41, 5.74) is 8.61. The first-order chi connectivity index (χ1) is 10.9. The Kier molecular flexibility index (Phi) is 3.69. The molecule has 0 aliphatic rings. The SMILES string of the molecule is Nc1ccc(-c2cn(-c3ccc(OC(F)(F)F)cc3)cn2)cc1. The number of ether oxygens (including phenoxy) is 1. The maximum atomic E-state index is 12.1. The number of anilines is 1. The van der Waals surface area contributed by atoms with E-state index in [9.17, 15) is 13.2 Å². The minimum Gasteiger partial charge on any atom is -0.406 e. The van der Waals surface area contributed by atoms with Crippen LogP contribution in [0.5, 0.6) is 5.75 Å². The predicted molar refractivity (Wildman–Crippen MR) is 80.1 cm³/mol. The summed E-state index contributed by atoms with van der Waals surface area (Å²) in [5.74, 6) is -0.264. The van der Waals surface area contributed by atoms with Crippen LogP contribution >= 0.6 is 0 Å². The Hall–Kier alpha value is -2.96. The standard InChI is InChI=1S/C16H12F3N3O/c17-16(18,19)23-14-7-5-13(6-8-14)22-9-15(21-10-22)11-1-3-12(20)4-2-11/h1-10H,20H2. The summed E-state index contributed by atoms with van der Waals surface area (Å²) in [4.78, 5) is 4.29. The van der Waals surface area contributed by atoms with Crippen molar-refractivity contribution in [3.05, 3.63) is 61.1 Å². The van der Waals surface area contributed by atoms with Crippen LogP contribution in [0.2, 0.25) is 0 Å². The molecular weight excluding hydrogens is 307 g/mol. The molecule has 2 aromatic carbocycles. The summed E-state index contributed by atoms with van der Waals surface area (Å²) >= 11 is 0. The third kappa shape index (κ3) is 3.63. The molecule has 0 spiro atoms. The minimum atomic E-state index is -4.70. The van der Waals surface area contributed by atoms with Gasteiger partial charge >= 0.3 is 6.36 Å². The fourth-order valence-corrected chi connectivity index (χ4v) is 2.09. The topological polar surface area (TPSA) is 53.1 Å².